The van der Waals surface area contributed by atoms with Crippen molar-refractivity contribution >= 4 is 11.8 Å². The Balaban J connectivity index is 2.03. The first-order chi connectivity index (χ1) is 8.20. The molecule has 0 saturated carbocycles. The zero-order valence-corrected chi connectivity index (χ0v) is 11.3. The van der Waals surface area contributed by atoms with Gasteiger partial charge in [0.25, 0.3) is 0 Å². The summed E-state index contributed by atoms with van der Waals surface area (Å²) in [7, 11) is 0. The lowest BCUT2D eigenvalue weighted by Gasteiger charge is -2.30. The van der Waals surface area contributed by atoms with E-state index in [1.165, 1.54) is 5.56 Å². The van der Waals surface area contributed by atoms with E-state index in [1.54, 1.807) is 0 Å². The van der Waals surface area contributed by atoms with Gasteiger partial charge >= 0.3 is 0 Å². The van der Waals surface area contributed by atoms with E-state index >= 15 is 0 Å². The van der Waals surface area contributed by atoms with E-state index in [9.17, 15) is 5.11 Å². The van der Waals surface area contributed by atoms with Crippen LogP contribution in [0.15, 0.2) is 18.2 Å². The van der Waals surface area contributed by atoms with Gasteiger partial charge in [0.2, 0.25) is 0 Å². The number of aliphatic hydroxyl groups is 1. The largest absolute Gasteiger partial charge is 0.490 e. The molecule has 0 radical (unpaired) electrons. The minimum Gasteiger partial charge on any atom is -0.490 e. The fourth-order valence-electron chi connectivity index (χ4n) is 2.27. The van der Waals surface area contributed by atoms with Crippen molar-refractivity contribution in [1.82, 2.24) is 0 Å². The van der Waals surface area contributed by atoms with Crippen LogP contribution in [-0.2, 0) is 0 Å². The Labute approximate surface area is 107 Å². The predicted molar refractivity (Wildman–Crippen MR) is 72.8 cm³/mol. The molecule has 2 rings (SSSR count). The van der Waals surface area contributed by atoms with Crippen molar-refractivity contribution in [3.63, 3.8) is 0 Å². The number of hydrogen-bond donors (Lipinski definition) is 1. The van der Waals surface area contributed by atoms with Gasteiger partial charge in [-0.15, -0.1) is 0 Å². The molecule has 1 aliphatic rings. The molecule has 0 aliphatic carbocycles. The van der Waals surface area contributed by atoms with Crippen LogP contribution in [0.2, 0.25) is 0 Å². The monoisotopic (exact) mass is 252 g/mol. The smallest absolute Gasteiger partial charge is 0.125 e. The third kappa shape index (κ3) is 3.17. The first-order valence-corrected chi connectivity index (χ1v) is 7.54. The molecule has 1 aliphatic heterocycles. The SMILES string of the molecule is CSCCCC1C[C@H](O)c2cc(C)ccc2O1. The van der Waals surface area contributed by atoms with E-state index in [0.717, 1.165) is 36.3 Å². The summed E-state index contributed by atoms with van der Waals surface area (Å²) < 4.78 is 5.93. The summed E-state index contributed by atoms with van der Waals surface area (Å²) in [6.07, 6.45) is 4.84. The van der Waals surface area contributed by atoms with Gasteiger partial charge in [0.1, 0.15) is 11.9 Å². The molecule has 1 unspecified atom stereocenters. The zero-order valence-electron chi connectivity index (χ0n) is 10.5. The Morgan fingerprint density at radius 3 is 3.06 bits per heavy atom. The van der Waals surface area contributed by atoms with Crippen molar-refractivity contribution in [2.24, 2.45) is 0 Å². The molecule has 1 aromatic carbocycles. The maximum absolute atomic E-state index is 10.1. The number of rotatable bonds is 4. The summed E-state index contributed by atoms with van der Waals surface area (Å²) in [4.78, 5) is 0. The number of benzene rings is 1. The summed E-state index contributed by atoms with van der Waals surface area (Å²) in [6.45, 7) is 2.04. The first-order valence-electron chi connectivity index (χ1n) is 6.15. The van der Waals surface area contributed by atoms with Crippen LogP contribution in [0.3, 0.4) is 0 Å². The Bertz CT molecular complexity index is 378. The maximum atomic E-state index is 10.1. The zero-order chi connectivity index (χ0) is 12.3. The van der Waals surface area contributed by atoms with Gasteiger partial charge < -0.3 is 9.84 Å². The second-order valence-electron chi connectivity index (χ2n) is 4.67. The molecule has 0 aromatic heterocycles. The second-order valence-corrected chi connectivity index (χ2v) is 5.65. The Kier molecular flexibility index (Phi) is 4.35. The fraction of sp³-hybridized carbons (Fsp3) is 0.571. The third-order valence-corrected chi connectivity index (χ3v) is 3.88. The van der Waals surface area contributed by atoms with Crippen molar-refractivity contribution in [3.8, 4) is 5.75 Å². The van der Waals surface area contributed by atoms with Crippen molar-refractivity contribution in [3.05, 3.63) is 29.3 Å². The highest BCUT2D eigenvalue weighted by atomic mass is 32.2. The van der Waals surface area contributed by atoms with Crippen LogP contribution in [0.25, 0.3) is 0 Å². The van der Waals surface area contributed by atoms with Crippen molar-refractivity contribution < 1.29 is 9.84 Å². The molecule has 3 heteroatoms. The van der Waals surface area contributed by atoms with E-state index in [0.29, 0.717) is 0 Å². The topological polar surface area (TPSA) is 29.5 Å². The quantitative estimate of drug-likeness (QED) is 0.834. The average Bonchev–Trinajstić information content (AvgIpc) is 2.31. The molecule has 1 aromatic rings. The molecule has 94 valence electrons. The van der Waals surface area contributed by atoms with E-state index < -0.39 is 0 Å². The van der Waals surface area contributed by atoms with Crippen molar-refractivity contribution in [2.75, 3.05) is 12.0 Å². The molecule has 0 saturated heterocycles. The molecule has 0 bridgehead atoms. The van der Waals surface area contributed by atoms with E-state index in [2.05, 4.69) is 6.26 Å². The lowest BCUT2D eigenvalue weighted by molar-refractivity contribution is 0.0616. The molecular weight excluding hydrogens is 232 g/mol. The van der Waals surface area contributed by atoms with Crippen LogP contribution in [0, 0.1) is 6.92 Å². The summed E-state index contributed by atoms with van der Waals surface area (Å²) in [5.74, 6) is 2.03. The van der Waals surface area contributed by atoms with Crippen LogP contribution in [0.4, 0.5) is 0 Å². The summed E-state index contributed by atoms with van der Waals surface area (Å²) in [6, 6.07) is 6.04. The lowest BCUT2D eigenvalue weighted by Crippen LogP contribution is -2.25. The molecule has 2 nitrogen and oxygen atoms in total. The molecule has 0 amide bonds. The molecule has 2 atom stereocenters. The highest BCUT2D eigenvalue weighted by Gasteiger charge is 2.26. The summed E-state index contributed by atoms with van der Waals surface area (Å²) >= 11 is 1.86. The normalized spacial score (nSPS) is 23.0. The number of aryl methyl sites for hydroxylation is 1. The second kappa shape index (κ2) is 5.78. The van der Waals surface area contributed by atoms with Gasteiger partial charge in [-0.05, 0) is 43.9 Å². The highest BCUT2D eigenvalue weighted by Crippen LogP contribution is 2.36. The van der Waals surface area contributed by atoms with Crippen LogP contribution < -0.4 is 4.74 Å². The number of fused-ring (bicyclic) bond motifs is 1. The molecule has 0 fully saturated rings. The van der Waals surface area contributed by atoms with E-state index in [-0.39, 0.29) is 12.2 Å². The Hall–Kier alpha value is -0.670. The maximum Gasteiger partial charge on any atom is 0.125 e. The van der Waals surface area contributed by atoms with Crippen LogP contribution >= 0.6 is 11.8 Å². The average molecular weight is 252 g/mol. The summed E-state index contributed by atoms with van der Waals surface area (Å²) in [5.41, 5.74) is 2.12. The van der Waals surface area contributed by atoms with Gasteiger partial charge in [0, 0.05) is 12.0 Å². The van der Waals surface area contributed by atoms with Crippen LogP contribution in [-0.4, -0.2) is 23.2 Å². The molecule has 1 heterocycles. The highest BCUT2D eigenvalue weighted by molar-refractivity contribution is 7.98. The van der Waals surface area contributed by atoms with Gasteiger partial charge in [-0.2, -0.15) is 11.8 Å². The Morgan fingerprint density at radius 2 is 2.29 bits per heavy atom. The molecule has 1 N–H and O–H groups in total. The Morgan fingerprint density at radius 1 is 1.47 bits per heavy atom. The van der Waals surface area contributed by atoms with Crippen molar-refractivity contribution in [2.45, 2.75) is 38.4 Å². The molecule has 17 heavy (non-hydrogen) atoms. The fourth-order valence-corrected chi connectivity index (χ4v) is 2.73. The van der Waals surface area contributed by atoms with Gasteiger partial charge in [-0.1, -0.05) is 11.6 Å². The van der Waals surface area contributed by atoms with Crippen LogP contribution in [0.1, 0.15) is 36.5 Å². The predicted octanol–water partition coefficient (Wildman–Crippen LogP) is 3.32. The number of thioether (sulfide) groups is 1. The van der Waals surface area contributed by atoms with Gasteiger partial charge in [0.15, 0.2) is 0 Å². The third-order valence-electron chi connectivity index (χ3n) is 3.18. The van der Waals surface area contributed by atoms with E-state index in [1.807, 2.05) is 36.9 Å². The minimum absolute atomic E-state index is 0.173. The van der Waals surface area contributed by atoms with Gasteiger partial charge in [0.05, 0.1) is 6.10 Å². The molecule has 0 spiro atoms. The number of hydrogen-bond acceptors (Lipinski definition) is 3. The van der Waals surface area contributed by atoms with E-state index in [4.69, 9.17) is 4.74 Å². The number of aliphatic hydroxyl groups excluding tert-OH is 1. The van der Waals surface area contributed by atoms with Gasteiger partial charge in [-0.3, -0.25) is 0 Å². The number of ether oxygens (including phenoxy) is 1. The first kappa shape index (κ1) is 12.8. The summed E-state index contributed by atoms with van der Waals surface area (Å²) in [5, 5.41) is 10.1. The molecular formula is C14H20O2S. The van der Waals surface area contributed by atoms with Crippen molar-refractivity contribution in [1.29, 1.82) is 0 Å². The van der Waals surface area contributed by atoms with Crippen LogP contribution in [0.5, 0.6) is 5.75 Å². The van der Waals surface area contributed by atoms with Gasteiger partial charge in [-0.25, -0.2) is 0 Å². The minimum atomic E-state index is -0.363. The lowest BCUT2D eigenvalue weighted by atomic mass is 9.96. The standard InChI is InChI=1S/C14H20O2S/c1-10-5-6-14-12(8-10)13(15)9-11(16-14)4-3-7-17-2/h5-6,8,11,13,15H,3-4,7,9H2,1-2H3/t11?,13-/m0/s1.